The number of esters is 1. The van der Waals surface area contributed by atoms with Gasteiger partial charge in [0.15, 0.2) is 0 Å². The van der Waals surface area contributed by atoms with Crippen LogP contribution in [0.5, 0.6) is 0 Å². The van der Waals surface area contributed by atoms with Crippen LogP contribution in [0.1, 0.15) is 41.0 Å². The van der Waals surface area contributed by atoms with Crippen LogP contribution in [0.25, 0.3) is 0 Å². The van der Waals surface area contributed by atoms with Crippen LogP contribution in [-0.4, -0.2) is 11.6 Å². The number of nitriles is 1. The first kappa shape index (κ1) is 13.5. The van der Waals surface area contributed by atoms with E-state index in [1.165, 1.54) is 6.92 Å². The summed E-state index contributed by atoms with van der Waals surface area (Å²) in [5.41, 5.74) is -0.638. The molecule has 0 radical (unpaired) electrons. The van der Waals surface area contributed by atoms with Crippen LogP contribution in [-0.2, 0) is 9.53 Å². The summed E-state index contributed by atoms with van der Waals surface area (Å²) >= 11 is 0. The maximum atomic E-state index is 10.4. The Bertz CT molecular complexity index is 168. The molecule has 0 saturated heterocycles. The molecule has 0 fully saturated rings. The monoisotopic (exact) mass is 171 g/mol. The largest absolute Gasteiger partial charge is 0.459 e. The van der Waals surface area contributed by atoms with E-state index in [0.717, 1.165) is 0 Å². The predicted octanol–water partition coefficient (Wildman–Crippen LogP) is 2.27. The van der Waals surface area contributed by atoms with Gasteiger partial charge in [-0.25, -0.2) is 0 Å². The van der Waals surface area contributed by atoms with Gasteiger partial charge in [-0.2, -0.15) is 5.26 Å². The van der Waals surface area contributed by atoms with Gasteiger partial charge < -0.3 is 4.74 Å². The molecule has 0 rings (SSSR count). The van der Waals surface area contributed by atoms with Crippen molar-refractivity contribution in [3.8, 4) is 6.07 Å². The number of rotatable bonds is 2. The molecule has 0 saturated carbocycles. The van der Waals surface area contributed by atoms with Gasteiger partial charge in [0.05, 0.1) is 12.5 Å². The van der Waals surface area contributed by atoms with Gasteiger partial charge >= 0.3 is 5.97 Å². The average Bonchev–Trinajstić information content (AvgIpc) is 1.88. The predicted molar refractivity (Wildman–Crippen MR) is 47.4 cm³/mol. The number of carbonyl (C=O) groups is 1. The van der Waals surface area contributed by atoms with E-state index in [2.05, 4.69) is 0 Å². The molecule has 0 aromatic carbocycles. The lowest BCUT2D eigenvalue weighted by atomic mass is 10.1. The van der Waals surface area contributed by atoms with E-state index in [1.54, 1.807) is 13.8 Å². The highest BCUT2D eigenvalue weighted by atomic mass is 16.6. The number of hydrogen-bond donors (Lipinski definition) is 0. The van der Waals surface area contributed by atoms with Crippen molar-refractivity contribution in [3.63, 3.8) is 0 Å². The van der Waals surface area contributed by atoms with Crippen LogP contribution >= 0.6 is 0 Å². The van der Waals surface area contributed by atoms with Crippen molar-refractivity contribution in [1.29, 1.82) is 5.26 Å². The summed E-state index contributed by atoms with van der Waals surface area (Å²) in [4.78, 5) is 10.4. The smallest absolute Gasteiger partial charge is 0.303 e. The Morgan fingerprint density at radius 2 is 1.92 bits per heavy atom. The molecular formula is C9H17NO2. The second-order valence-electron chi connectivity index (χ2n) is 2.69. The van der Waals surface area contributed by atoms with Gasteiger partial charge in [0, 0.05) is 6.92 Å². The Hall–Kier alpha value is -1.04. The molecule has 0 aromatic rings. The normalized spacial score (nSPS) is 9.00. The SMILES string of the molecule is CC.CC(=O)OC(C)(C)CC#N. The van der Waals surface area contributed by atoms with Crippen LogP contribution in [0.3, 0.4) is 0 Å². The summed E-state index contributed by atoms with van der Waals surface area (Å²) in [5, 5.41) is 8.27. The molecule has 0 unspecified atom stereocenters. The molecule has 0 aliphatic carbocycles. The molecule has 0 spiro atoms. The maximum absolute atomic E-state index is 10.4. The van der Waals surface area contributed by atoms with Gasteiger partial charge in [-0.05, 0) is 13.8 Å². The Kier molecular flexibility index (Phi) is 7.51. The molecule has 3 heteroatoms. The second-order valence-corrected chi connectivity index (χ2v) is 2.69. The zero-order chi connectivity index (χ0) is 10.2. The Balaban J connectivity index is 0. The Morgan fingerprint density at radius 3 is 2.17 bits per heavy atom. The average molecular weight is 171 g/mol. The van der Waals surface area contributed by atoms with Crippen molar-refractivity contribution in [2.24, 2.45) is 0 Å². The number of hydrogen-bond acceptors (Lipinski definition) is 3. The summed E-state index contributed by atoms with van der Waals surface area (Å²) in [5.74, 6) is -0.347. The first-order valence-corrected chi connectivity index (χ1v) is 4.04. The van der Waals surface area contributed by atoms with Crippen molar-refractivity contribution in [1.82, 2.24) is 0 Å². The molecule has 12 heavy (non-hydrogen) atoms. The van der Waals surface area contributed by atoms with Crippen LogP contribution < -0.4 is 0 Å². The van der Waals surface area contributed by atoms with Crippen molar-refractivity contribution >= 4 is 5.97 Å². The lowest BCUT2D eigenvalue weighted by molar-refractivity contribution is -0.153. The van der Waals surface area contributed by atoms with Gasteiger partial charge in [0.25, 0.3) is 0 Å². The molecule has 0 aliphatic rings. The first-order chi connectivity index (χ1) is 5.48. The zero-order valence-electron chi connectivity index (χ0n) is 8.47. The van der Waals surface area contributed by atoms with Crippen molar-refractivity contribution in [2.75, 3.05) is 0 Å². The molecule has 0 aliphatic heterocycles. The summed E-state index contributed by atoms with van der Waals surface area (Å²) in [6.07, 6.45) is 0.229. The summed E-state index contributed by atoms with van der Waals surface area (Å²) in [6, 6.07) is 1.94. The number of ether oxygens (including phenoxy) is 1. The van der Waals surface area contributed by atoms with E-state index in [0.29, 0.717) is 0 Å². The highest BCUT2D eigenvalue weighted by Crippen LogP contribution is 2.12. The van der Waals surface area contributed by atoms with Gasteiger partial charge in [0.2, 0.25) is 0 Å². The molecule has 0 heterocycles. The van der Waals surface area contributed by atoms with E-state index in [4.69, 9.17) is 10.00 Å². The van der Waals surface area contributed by atoms with Gasteiger partial charge in [0.1, 0.15) is 5.60 Å². The fraction of sp³-hybridized carbons (Fsp3) is 0.778. The third-order valence-electron chi connectivity index (χ3n) is 0.925. The molecule has 0 aromatic heterocycles. The van der Waals surface area contributed by atoms with E-state index < -0.39 is 5.60 Å². The zero-order valence-corrected chi connectivity index (χ0v) is 8.47. The van der Waals surface area contributed by atoms with Crippen molar-refractivity contribution in [3.05, 3.63) is 0 Å². The minimum absolute atomic E-state index is 0.229. The standard InChI is InChI=1S/C7H11NO2.C2H6/c1-6(9)10-7(2,3)4-5-8;1-2/h4H2,1-3H3;1-2H3. The maximum Gasteiger partial charge on any atom is 0.303 e. The summed E-state index contributed by atoms with van der Waals surface area (Å²) in [7, 11) is 0. The van der Waals surface area contributed by atoms with Crippen LogP contribution in [0.2, 0.25) is 0 Å². The Labute approximate surface area is 74.3 Å². The van der Waals surface area contributed by atoms with Gasteiger partial charge in [-0.3, -0.25) is 4.79 Å². The highest BCUT2D eigenvalue weighted by molar-refractivity contribution is 5.66. The molecule has 3 nitrogen and oxygen atoms in total. The second kappa shape index (κ2) is 6.66. The van der Waals surface area contributed by atoms with Crippen LogP contribution in [0.4, 0.5) is 0 Å². The van der Waals surface area contributed by atoms with Gasteiger partial charge in [-0.15, -0.1) is 0 Å². The summed E-state index contributed by atoms with van der Waals surface area (Å²) in [6.45, 7) is 8.74. The topological polar surface area (TPSA) is 50.1 Å². The first-order valence-electron chi connectivity index (χ1n) is 4.04. The minimum atomic E-state index is -0.638. The lowest BCUT2D eigenvalue weighted by Gasteiger charge is -2.20. The van der Waals surface area contributed by atoms with Crippen LogP contribution in [0, 0.1) is 11.3 Å². The molecule has 0 N–H and O–H groups in total. The third kappa shape index (κ3) is 8.96. The van der Waals surface area contributed by atoms with E-state index in [9.17, 15) is 4.79 Å². The molecule has 0 amide bonds. The van der Waals surface area contributed by atoms with Gasteiger partial charge in [-0.1, -0.05) is 13.8 Å². The van der Waals surface area contributed by atoms with E-state index >= 15 is 0 Å². The Morgan fingerprint density at radius 1 is 1.50 bits per heavy atom. The van der Waals surface area contributed by atoms with E-state index in [1.807, 2.05) is 19.9 Å². The van der Waals surface area contributed by atoms with Crippen molar-refractivity contribution < 1.29 is 9.53 Å². The lowest BCUT2D eigenvalue weighted by Crippen LogP contribution is -2.25. The summed E-state index contributed by atoms with van der Waals surface area (Å²) < 4.78 is 4.82. The molecule has 70 valence electrons. The molecular weight excluding hydrogens is 154 g/mol. The van der Waals surface area contributed by atoms with Crippen molar-refractivity contribution in [2.45, 2.75) is 46.6 Å². The number of nitrogens with zero attached hydrogens (tertiary/aromatic N) is 1. The molecule has 0 bridgehead atoms. The van der Waals surface area contributed by atoms with Crippen LogP contribution in [0.15, 0.2) is 0 Å². The van der Waals surface area contributed by atoms with E-state index in [-0.39, 0.29) is 12.4 Å². The third-order valence-corrected chi connectivity index (χ3v) is 0.925. The minimum Gasteiger partial charge on any atom is -0.459 e. The molecule has 0 atom stereocenters. The fourth-order valence-electron chi connectivity index (χ4n) is 0.616. The highest BCUT2D eigenvalue weighted by Gasteiger charge is 2.19. The number of carbonyl (C=O) groups excluding carboxylic acids is 1. The quantitative estimate of drug-likeness (QED) is 0.599. The fourth-order valence-corrected chi connectivity index (χ4v) is 0.616.